The van der Waals surface area contributed by atoms with Crippen molar-refractivity contribution >= 4 is 41.0 Å². The topological polar surface area (TPSA) is 101 Å². The van der Waals surface area contributed by atoms with E-state index in [9.17, 15) is 22.7 Å². The first-order chi connectivity index (χ1) is 20.6. The van der Waals surface area contributed by atoms with Gasteiger partial charge in [0.2, 0.25) is 5.95 Å². The van der Waals surface area contributed by atoms with Gasteiger partial charge in [-0.05, 0) is 36.9 Å². The second-order valence-corrected chi connectivity index (χ2v) is 10.7. The molecule has 2 saturated heterocycles. The normalized spacial score (nSPS) is 17.0. The zero-order chi connectivity index (χ0) is 30.6. The van der Waals surface area contributed by atoms with Gasteiger partial charge in [-0.2, -0.15) is 23.3 Å². The number of nitrogens with one attached hydrogen (secondary N) is 2. The number of morpholine rings is 1. The molecule has 2 fully saturated rings. The molecule has 5 rings (SSSR count). The number of nitrogens with zero attached hydrogens (tertiary/aromatic N) is 6. The lowest BCUT2D eigenvalue weighted by Gasteiger charge is -2.33. The second-order valence-electron chi connectivity index (χ2n) is 10.3. The van der Waals surface area contributed by atoms with Crippen LogP contribution in [0, 0.1) is 5.82 Å². The van der Waals surface area contributed by atoms with Crippen molar-refractivity contribution in [2.24, 2.45) is 5.10 Å². The lowest BCUT2D eigenvalue weighted by Crippen LogP contribution is -2.44. The molecule has 2 aromatic carbocycles. The number of aromatic hydroxyl groups is 1. The standard InChI is InChI=1S/C28H31ClF4N8O2/c1-39-4-6-40(7-5-39)17-18-2-3-20(13-22(18)28(31,32)33)36-21-12-19(25(42)23(29)14-21)15-35-38-27-34-16-24(30)26(37-27)41-8-10-43-11-9-41/h2-3,12-16,36,42H,4-11,17H2,1H3,(H,34,37,38)/b35-15+. The van der Waals surface area contributed by atoms with Gasteiger partial charge in [-0.15, -0.1) is 0 Å². The lowest BCUT2D eigenvalue weighted by atomic mass is 10.0. The van der Waals surface area contributed by atoms with Crippen molar-refractivity contribution in [3.05, 3.63) is 64.1 Å². The van der Waals surface area contributed by atoms with E-state index in [1.165, 1.54) is 24.4 Å². The van der Waals surface area contributed by atoms with Gasteiger partial charge in [0.1, 0.15) is 5.75 Å². The molecule has 10 nitrogen and oxygen atoms in total. The van der Waals surface area contributed by atoms with Crippen molar-refractivity contribution in [3.63, 3.8) is 0 Å². The Hall–Kier alpha value is -3.72. The van der Waals surface area contributed by atoms with E-state index in [1.807, 2.05) is 11.9 Å². The highest BCUT2D eigenvalue weighted by Crippen LogP contribution is 2.36. The number of hydrogen-bond donors (Lipinski definition) is 3. The van der Waals surface area contributed by atoms with Crippen LogP contribution in [0.25, 0.3) is 0 Å². The van der Waals surface area contributed by atoms with Crippen LogP contribution in [0.5, 0.6) is 5.75 Å². The summed E-state index contributed by atoms with van der Waals surface area (Å²) in [5.41, 5.74) is 2.78. The van der Waals surface area contributed by atoms with E-state index in [-0.39, 0.29) is 45.9 Å². The van der Waals surface area contributed by atoms with Crippen molar-refractivity contribution < 1.29 is 27.4 Å². The van der Waals surface area contributed by atoms with E-state index in [2.05, 4.69) is 30.7 Å². The van der Waals surface area contributed by atoms with Crippen LogP contribution in [-0.4, -0.2) is 90.6 Å². The van der Waals surface area contributed by atoms with E-state index in [0.717, 1.165) is 25.4 Å². The Kier molecular flexibility index (Phi) is 9.49. The SMILES string of the molecule is CN1CCN(Cc2ccc(Nc3cc(Cl)c(O)c(/C=N/Nc4ncc(F)c(N5CCOCC5)n4)c3)cc2C(F)(F)F)CC1. The molecule has 0 saturated carbocycles. The van der Waals surface area contributed by atoms with E-state index in [4.69, 9.17) is 16.3 Å². The number of phenols is 1. The summed E-state index contributed by atoms with van der Waals surface area (Å²) in [5.74, 6) is -0.734. The van der Waals surface area contributed by atoms with E-state index >= 15 is 0 Å². The van der Waals surface area contributed by atoms with Crippen molar-refractivity contribution in [1.82, 2.24) is 19.8 Å². The summed E-state index contributed by atoms with van der Waals surface area (Å²) in [6, 6.07) is 6.99. The number of hydrazone groups is 1. The van der Waals surface area contributed by atoms with Crippen LogP contribution < -0.4 is 15.6 Å². The van der Waals surface area contributed by atoms with Crippen LogP contribution in [-0.2, 0) is 17.5 Å². The molecule has 230 valence electrons. The van der Waals surface area contributed by atoms with Gasteiger partial charge in [-0.1, -0.05) is 17.7 Å². The Labute approximate surface area is 250 Å². The second kappa shape index (κ2) is 13.3. The third kappa shape index (κ3) is 7.82. The Morgan fingerprint density at radius 3 is 2.53 bits per heavy atom. The predicted octanol–water partition coefficient (Wildman–Crippen LogP) is 4.77. The minimum absolute atomic E-state index is 0.0235. The fraction of sp³-hybridized carbons (Fsp3) is 0.393. The number of piperazine rings is 1. The molecule has 0 unspecified atom stereocenters. The molecule has 1 aromatic heterocycles. The molecular formula is C28H31ClF4N8O2. The number of anilines is 4. The molecule has 2 aliphatic rings. The Bertz CT molecular complexity index is 1460. The largest absolute Gasteiger partial charge is 0.506 e. The number of benzene rings is 2. The summed E-state index contributed by atoms with van der Waals surface area (Å²) in [5, 5.41) is 17.4. The van der Waals surface area contributed by atoms with Crippen LogP contribution in [0.3, 0.4) is 0 Å². The molecule has 3 aromatic rings. The quantitative estimate of drug-likeness (QED) is 0.142. The molecule has 43 heavy (non-hydrogen) atoms. The zero-order valence-electron chi connectivity index (χ0n) is 23.3. The maximum absolute atomic E-state index is 14.3. The van der Waals surface area contributed by atoms with E-state index < -0.39 is 17.6 Å². The van der Waals surface area contributed by atoms with E-state index in [1.54, 1.807) is 11.0 Å². The molecule has 3 heterocycles. The van der Waals surface area contributed by atoms with Gasteiger partial charge < -0.3 is 25.0 Å². The van der Waals surface area contributed by atoms with Gasteiger partial charge in [0.05, 0.1) is 36.2 Å². The highest BCUT2D eigenvalue weighted by molar-refractivity contribution is 6.32. The molecule has 0 radical (unpaired) electrons. The zero-order valence-corrected chi connectivity index (χ0v) is 24.1. The number of halogens is 5. The fourth-order valence-corrected chi connectivity index (χ4v) is 5.06. The average molecular weight is 623 g/mol. The summed E-state index contributed by atoms with van der Waals surface area (Å²) < 4.78 is 61.7. The number of rotatable bonds is 8. The average Bonchev–Trinajstić information content (AvgIpc) is 2.98. The van der Waals surface area contributed by atoms with Crippen LogP contribution in [0.2, 0.25) is 5.02 Å². The first kappa shape index (κ1) is 30.7. The van der Waals surface area contributed by atoms with Crippen molar-refractivity contribution in [3.8, 4) is 5.75 Å². The first-order valence-corrected chi connectivity index (χ1v) is 14.0. The summed E-state index contributed by atoms with van der Waals surface area (Å²) in [7, 11) is 1.99. The van der Waals surface area contributed by atoms with Gasteiger partial charge in [-0.3, -0.25) is 4.90 Å². The Morgan fingerprint density at radius 2 is 1.81 bits per heavy atom. The Balaban J connectivity index is 1.31. The molecule has 0 amide bonds. The molecule has 3 N–H and O–H groups in total. The maximum atomic E-state index is 14.3. The highest BCUT2D eigenvalue weighted by Gasteiger charge is 2.34. The fourth-order valence-electron chi connectivity index (χ4n) is 4.83. The molecular weight excluding hydrogens is 592 g/mol. The van der Waals surface area contributed by atoms with Gasteiger partial charge >= 0.3 is 6.18 Å². The number of likely N-dealkylation sites (N-methyl/N-ethyl adjacent to an activating group) is 1. The molecule has 0 spiro atoms. The third-order valence-corrected chi connectivity index (χ3v) is 7.48. The van der Waals surface area contributed by atoms with Gasteiger partial charge in [0.25, 0.3) is 0 Å². The number of hydrogen-bond acceptors (Lipinski definition) is 10. The van der Waals surface area contributed by atoms with Crippen LogP contribution in [0.4, 0.5) is 40.7 Å². The summed E-state index contributed by atoms with van der Waals surface area (Å²) in [6.45, 7) is 5.06. The highest BCUT2D eigenvalue weighted by atomic mass is 35.5. The third-order valence-electron chi connectivity index (χ3n) is 7.19. The lowest BCUT2D eigenvalue weighted by molar-refractivity contribution is -0.138. The number of phenolic OH excluding ortho intramolecular Hbond substituents is 1. The number of ether oxygens (including phenoxy) is 1. The van der Waals surface area contributed by atoms with Crippen molar-refractivity contribution in [2.75, 3.05) is 75.2 Å². The van der Waals surface area contributed by atoms with Gasteiger partial charge in [-0.25, -0.2) is 14.8 Å². The predicted molar refractivity (Wildman–Crippen MR) is 157 cm³/mol. The van der Waals surface area contributed by atoms with Gasteiger partial charge in [0, 0.05) is 62.8 Å². The first-order valence-electron chi connectivity index (χ1n) is 13.6. The Morgan fingerprint density at radius 1 is 1.07 bits per heavy atom. The molecule has 0 bridgehead atoms. The summed E-state index contributed by atoms with van der Waals surface area (Å²) in [4.78, 5) is 14.0. The summed E-state index contributed by atoms with van der Waals surface area (Å²) >= 11 is 6.21. The smallest absolute Gasteiger partial charge is 0.416 e. The van der Waals surface area contributed by atoms with Crippen LogP contribution >= 0.6 is 11.6 Å². The van der Waals surface area contributed by atoms with Crippen LogP contribution in [0.1, 0.15) is 16.7 Å². The van der Waals surface area contributed by atoms with E-state index in [0.29, 0.717) is 45.1 Å². The molecule has 0 aliphatic carbocycles. The van der Waals surface area contributed by atoms with Crippen molar-refractivity contribution in [1.29, 1.82) is 0 Å². The minimum Gasteiger partial charge on any atom is -0.506 e. The van der Waals surface area contributed by atoms with Gasteiger partial charge in [0.15, 0.2) is 11.6 Å². The van der Waals surface area contributed by atoms with Crippen molar-refractivity contribution in [2.45, 2.75) is 12.7 Å². The number of alkyl halides is 3. The molecule has 15 heteroatoms. The monoisotopic (exact) mass is 622 g/mol. The van der Waals surface area contributed by atoms with Crippen LogP contribution in [0.15, 0.2) is 41.6 Å². The number of aromatic nitrogens is 2. The maximum Gasteiger partial charge on any atom is 0.416 e. The molecule has 2 aliphatic heterocycles. The summed E-state index contributed by atoms with van der Waals surface area (Å²) in [6.07, 6.45) is -2.27. The molecule has 0 atom stereocenters. The minimum atomic E-state index is -4.54.